The molecule has 0 radical (unpaired) electrons. The van der Waals surface area contributed by atoms with E-state index in [4.69, 9.17) is 4.98 Å². The Morgan fingerprint density at radius 2 is 1.04 bits per heavy atom. The molecule has 0 bridgehead atoms. The first kappa shape index (κ1) is 26.7. The van der Waals surface area contributed by atoms with Gasteiger partial charge in [0.25, 0.3) is 0 Å². The summed E-state index contributed by atoms with van der Waals surface area (Å²) in [7, 11) is 0. The minimum atomic E-state index is -0.0560. The minimum Gasteiger partial charge on any atom is -0.309 e. The van der Waals surface area contributed by atoms with Crippen molar-refractivity contribution >= 4 is 21.8 Å². The first-order valence-corrected chi connectivity index (χ1v) is 16.0. The fraction of sp³-hybridized carbons (Fsp3) is 0.0682. The summed E-state index contributed by atoms with van der Waals surface area (Å²) in [5, 5.41) is 2.57. The van der Waals surface area contributed by atoms with Crippen molar-refractivity contribution in [1.29, 1.82) is 0 Å². The van der Waals surface area contributed by atoms with Crippen molar-refractivity contribution < 1.29 is 0 Å². The van der Waals surface area contributed by atoms with E-state index in [0.29, 0.717) is 0 Å². The zero-order valence-electron chi connectivity index (χ0n) is 25.9. The van der Waals surface area contributed by atoms with Crippen molar-refractivity contribution in [2.75, 3.05) is 0 Å². The van der Waals surface area contributed by atoms with Gasteiger partial charge in [0.15, 0.2) is 0 Å². The van der Waals surface area contributed by atoms with E-state index in [9.17, 15) is 0 Å². The number of rotatable bonds is 4. The zero-order chi connectivity index (χ0) is 30.8. The van der Waals surface area contributed by atoms with E-state index >= 15 is 0 Å². The van der Waals surface area contributed by atoms with Crippen molar-refractivity contribution in [2.45, 2.75) is 19.3 Å². The van der Waals surface area contributed by atoms with Gasteiger partial charge in [-0.1, -0.05) is 129 Å². The summed E-state index contributed by atoms with van der Waals surface area (Å²) in [5.41, 5.74) is 15.6. The molecule has 9 rings (SSSR count). The van der Waals surface area contributed by atoms with Crippen LogP contribution in [0.5, 0.6) is 0 Å². The number of hydrogen-bond acceptors (Lipinski definition) is 1. The van der Waals surface area contributed by atoms with Gasteiger partial charge in [0.1, 0.15) is 0 Å². The van der Waals surface area contributed by atoms with Gasteiger partial charge in [0, 0.05) is 33.0 Å². The molecule has 0 atom stereocenters. The maximum absolute atomic E-state index is 5.08. The number of aromatic nitrogens is 2. The number of fused-ring (bicyclic) bond motifs is 6. The Labute approximate surface area is 269 Å². The lowest BCUT2D eigenvalue weighted by Crippen LogP contribution is -2.14. The molecule has 0 spiro atoms. The van der Waals surface area contributed by atoms with Gasteiger partial charge in [-0.15, -0.1) is 0 Å². The molecular formula is C44H32N2. The Hall–Kier alpha value is -5.73. The molecule has 218 valence electrons. The van der Waals surface area contributed by atoms with Crippen LogP contribution >= 0.6 is 0 Å². The van der Waals surface area contributed by atoms with E-state index in [2.05, 4.69) is 164 Å². The second-order valence-corrected chi connectivity index (χ2v) is 12.8. The summed E-state index contributed by atoms with van der Waals surface area (Å²) in [5.74, 6) is 0. The van der Waals surface area contributed by atoms with Crippen LogP contribution in [0.15, 0.2) is 158 Å². The predicted molar refractivity (Wildman–Crippen MR) is 192 cm³/mol. The fourth-order valence-electron chi connectivity index (χ4n) is 7.46. The first-order valence-electron chi connectivity index (χ1n) is 16.0. The number of pyridine rings is 1. The van der Waals surface area contributed by atoms with E-state index < -0.39 is 0 Å². The van der Waals surface area contributed by atoms with Gasteiger partial charge < -0.3 is 4.57 Å². The molecule has 0 fully saturated rings. The predicted octanol–water partition coefficient (Wildman–Crippen LogP) is 11.5. The summed E-state index contributed by atoms with van der Waals surface area (Å²) in [6.07, 6.45) is 0. The van der Waals surface area contributed by atoms with Gasteiger partial charge in [-0.05, 0) is 75.8 Å². The second kappa shape index (κ2) is 10.2. The van der Waals surface area contributed by atoms with Crippen LogP contribution in [0.2, 0.25) is 0 Å². The molecule has 8 aromatic rings. The number of benzene rings is 6. The smallest absolute Gasteiger partial charge is 0.0715 e. The Morgan fingerprint density at radius 1 is 0.435 bits per heavy atom. The van der Waals surface area contributed by atoms with Crippen molar-refractivity contribution in [3.05, 3.63) is 169 Å². The topological polar surface area (TPSA) is 17.8 Å². The van der Waals surface area contributed by atoms with Gasteiger partial charge >= 0.3 is 0 Å². The molecular weight excluding hydrogens is 556 g/mol. The van der Waals surface area contributed by atoms with Crippen LogP contribution in [-0.4, -0.2) is 9.55 Å². The van der Waals surface area contributed by atoms with E-state index in [1.54, 1.807) is 0 Å². The molecule has 0 N–H and O–H groups in total. The quantitative estimate of drug-likeness (QED) is 0.200. The lowest BCUT2D eigenvalue weighted by Gasteiger charge is -2.21. The Kier molecular flexibility index (Phi) is 5.88. The minimum absolute atomic E-state index is 0.0560. The third-order valence-electron chi connectivity index (χ3n) is 9.80. The summed E-state index contributed by atoms with van der Waals surface area (Å²) in [6, 6.07) is 56.9. The second-order valence-electron chi connectivity index (χ2n) is 12.8. The standard InChI is InChI=1S/C44H32N2/c1-44(2)38-19-11-9-17-34(38)36-27-37-35-18-10-12-20-42(35)46(43(37)28-39(36)44)33-23-21-29(22-24-33)32-25-40(30-13-5-3-6-14-30)45-41(26-32)31-15-7-4-8-16-31/h3-28H,1-2H3. The third kappa shape index (κ3) is 4.07. The lowest BCUT2D eigenvalue weighted by molar-refractivity contribution is 0.661. The number of hydrogen-bond donors (Lipinski definition) is 0. The van der Waals surface area contributed by atoms with Crippen LogP contribution in [0.25, 0.3) is 72.3 Å². The highest BCUT2D eigenvalue weighted by molar-refractivity contribution is 6.11. The van der Waals surface area contributed by atoms with Crippen LogP contribution in [0.1, 0.15) is 25.0 Å². The average molecular weight is 589 g/mol. The third-order valence-corrected chi connectivity index (χ3v) is 9.80. The van der Waals surface area contributed by atoms with Gasteiger partial charge in [0.05, 0.1) is 22.4 Å². The zero-order valence-corrected chi connectivity index (χ0v) is 25.9. The van der Waals surface area contributed by atoms with Crippen molar-refractivity contribution in [1.82, 2.24) is 9.55 Å². The normalized spacial score (nSPS) is 13.2. The van der Waals surface area contributed by atoms with Gasteiger partial charge in [-0.3, -0.25) is 0 Å². The van der Waals surface area contributed by atoms with Crippen LogP contribution in [0, 0.1) is 0 Å². The van der Waals surface area contributed by atoms with Crippen LogP contribution in [0.3, 0.4) is 0 Å². The van der Waals surface area contributed by atoms with Gasteiger partial charge in [-0.25, -0.2) is 4.98 Å². The van der Waals surface area contributed by atoms with E-state index in [-0.39, 0.29) is 5.41 Å². The van der Waals surface area contributed by atoms with Gasteiger partial charge in [-0.2, -0.15) is 0 Å². The Morgan fingerprint density at radius 3 is 1.74 bits per heavy atom. The van der Waals surface area contributed by atoms with E-state index in [1.807, 2.05) is 12.1 Å². The molecule has 6 aromatic carbocycles. The Bertz CT molecular complexity index is 2360. The molecule has 0 saturated heterocycles. The summed E-state index contributed by atoms with van der Waals surface area (Å²) in [4.78, 5) is 5.08. The van der Waals surface area contributed by atoms with E-state index in [1.165, 1.54) is 49.6 Å². The molecule has 1 aliphatic rings. The summed E-state index contributed by atoms with van der Waals surface area (Å²) in [6.45, 7) is 4.71. The molecule has 1 aliphatic carbocycles. The molecule has 0 unspecified atom stereocenters. The number of nitrogens with zero attached hydrogens (tertiary/aromatic N) is 2. The monoisotopic (exact) mass is 588 g/mol. The van der Waals surface area contributed by atoms with Crippen molar-refractivity contribution in [2.24, 2.45) is 0 Å². The lowest BCUT2D eigenvalue weighted by atomic mass is 9.82. The Balaban J connectivity index is 1.20. The van der Waals surface area contributed by atoms with Crippen molar-refractivity contribution in [3.8, 4) is 50.5 Å². The first-order chi connectivity index (χ1) is 22.6. The maximum atomic E-state index is 5.08. The molecule has 46 heavy (non-hydrogen) atoms. The fourth-order valence-corrected chi connectivity index (χ4v) is 7.46. The molecule has 2 heteroatoms. The molecule has 0 amide bonds. The van der Waals surface area contributed by atoms with Crippen molar-refractivity contribution in [3.63, 3.8) is 0 Å². The van der Waals surface area contributed by atoms with Crippen LogP contribution in [-0.2, 0) is 5.41 Å². The average Bonchev–Trinajstić information content (AvgIpc) is 3.56. The highest BCUT2D eigenvalue weighted by Gasteiger charge is 2.36. The largest absolute Gasteiger partial charge is 0.309 e. The highest BCUT2D eigenvalue weighted by atomic mass is 15.0. The van der Waals surface area contributed by atoms with Crippen LogP contribution < -0.4 is 0 Å². The molecule has 2 nitrogen and oxygen atoms in total. The van der Waals surface area contributed by atoms with Gasteiger partial charge in [0.2, 0.25) is 0 Å². The summed E-state index contributed by atoms with van der Waals surface area (Å²) < 4.78 is 2.44. The number of para-hydroxylation sites is 1. The van der Waals surface area contributed by atoms with E-state index in [0.717, 1.165) is 33.8 Å². The maximum Gasteiger partial charge on any atom is 0.0715 e. The van der Waals surface area contributed by atoms with Crippen LogP contribution in [0.4, 0.5) is 0 Å². The molecule has 2 aromatic heterocycles. The molecule has 0 saturated carbocycles. The SMILES string of the molecule is CC1(C)c2ccccc2-c2cc3c4ccccc4n(-c4ccc(-c5cc(-c6ccccc6)nc(-c6ccccc6)c5)cc4)c3cc21. The molecule has 2 heterocycles. The molecule has 0 aliphatic heterocycles. The highest BCUT2D eigenvalue weighted by Crippen LogP contribution is 2.51. The summed E-state index contributed by atoms with van der Waals surface area (Å²) >= 11 is 0.